The Kier molecular flexibility index (Phi) is 2.71. The lowest BCUT2D eigenvalue weighted by Crippen LogP contribution is -2.05. The molecule has 0 aliphatic heterocycles. The van der Waals surface area contributed by atoms with Crippen molar-refractivity contribution >= 4 is 17.8 Å². The molecule has 0 saturated heterocycles. The SMILES string of the molecule is N=Cc1cc(C(F)(F)F)cc(Cl)c1O. The molecule has 0 saturated carbocycles. The van der Waals surface area contributed by atoms with Gasteiger partial charge in [-0.15, -0.1) is 0 Å². The summed E-state index contributed by atoms with van der Waals surface area (Å²) < 4.78 is 36.6. The van der Waals surface area contributed by atoms with E-state index in [0.717, 1.165) is 0 Å². The van der Waals surface area contributed by atoms with E-state index in [9.17, 15) is 13.2 Å². The van der Waals surface area contributed by atoms with Crippen LogP contribution in [0.4, 0.5) is 13.2 Å². The Labute approximate surface area is 82.4 Å². The highest BCUT2D eigenvalue weighted by Gasteiger charge is 2.31. The molecule has 0 heterocycles. The third-order valence-corrected chi connectivity index (χ3v) is 1.86. The first kappa shape index (κ1) is 10.8. The topological polar surface area (TPSA) is 44.1 Å². The Morgan fingerprint density at radius 3 is 2.36 bits per heavy atom. The number of rotatable bonds is 1. The molecule has 2 N–H and O–H groups in total. The standard InChI is InChI=1S/C8H5ClF3NO/c9-6-2-5(8(10,11)12)1-4(3-13)7(6)14/h1-3,13-14H. The second kappa shape index (κ2) is 3.49. The average molecular weight is 224 g/mol. The van der Waals surface area contributed by atoms with Crippen LogP contribution in [0.5, 0.6) is 5.75 Å². The number of aromatic hydroxyl groups is 1. The Balaban J connectivity index is 3.37. The van der Waals surface area contributed by atoms with Crippen molar-refractivity contribution in [1.82, 2.24) is 0 Å². The van der Waals surface area contributed by atoms with Gasteiger partial charge in [-0.25, -0.2) is 0 Å². The predicted octanol–water partition coefficient (Wildman–Crippen LogP) is 3.06. The fourth-order valence-electron chi connectivity index (χ4n) is 0.894. The summed E-state index contributed by atoms with van der Waals surface area (Å²) >= 11 is 5.35. The average Bonchev–Trinajstić information content (AvgIpc) is 2.07. The van der Waals surface area contributed by atoms with Crippen LogP contribution in [0.3, 0.4) is 0 Å². The molecule has 1 rings (SSSR count). The van der Waals surface area contributed by atoms with Gasteiger partial charge < -0.3 is 10.5 Å². The highest BCUT2D eigenvalue weighted by molar-refractivity contribution is 6.32. The van der Waals surface area contributed by atoms with Gasteiger partial charge in [-0.2, -0.15) is 13.2 Å². The molecule has 0 bridgehead atoms. The van der Waals surface area contributed by atoms with Gasteiger partial charge in [0.25, 0.3) is 0 Å². The van der Waals surface area contributed by atoms with E-state index in [1.54, 1.807) is 0 Å². The second-order valence-corrected chi connectivity index (χ2v) is 2.95. The Bertz CT molecular complexity index is 376. The minimum Gasteiger partial charge on any atom is -0.506 e. The van der Waals surface area contributed by atoms with Crippen LogP contribution in [-0.2, 0) is 6.18 Å². The molecule has 0 aromatic heterocycles. The molecule has 0 aliphatic carbocycles. The highest BCUT2D eigenvalue weighted by atomic mass is 35.5. The molecule has 0 atom stereocenters. The van der Waals surface area contributed by atoms with E-state index >= 15 is 0 Å². The van der Waals surface area contributed by atoms with E-state index in [4.69, 9.17) is 22.1 Å². The van der Waals surface area contributed by atoms with E-state index in [-0.39, 0.29) is 5.56 Å². The summed E-state index contributed by atoms with van der Waals surface area (Å²) in [6.07, 6.45) is -3.93. The first-order valence-corrected chi connectivity index (χ1v) is 3.84. The van der Waals surface area contributed by atoms with Gasteiger partial charge in [0.15, 0.2) is 0 Å². The molecule has 76 valence electrons. The van der Waals surface area contributed by atoms with Crippen molar-refractivity contribution in [3.63, 3.8) is 0 Å². The Morgan fingerprint density at radius 2 is 1.93 bits per heavy atom. The molecule has 14 heavy (non-hydrogen) atoms. The molecule has 1 aromatic rings. The molecular formula is C8H5ClF3NO. The molecule has 6 heteroatoms. The lowest BCUT2D eigenvalue weighted by atomic mass is 10.1. The fourth-order valence-corrected chi connectivity index (χ4v) is 1.12. The quantitative estimate of drug-likeness (QED) is 0.706. The zero-order valence-corrected chi connectivity index (χ0v) is 7.45. The van der Waals surface area contributed by atoms with Crippen LogP contribution in [0.15, 0.2) is 12.1 Å². The molecule has 0 radical (unpaired) electrons. The van der Waals surface area contributed by atoms with Crippen molar-refractivity contribution in [3.05, 3.63) is 28.3 Å². The van der Waals surface area contributed by atoms with Crippen LogP contribution in [-0.4, -0.2) is 11.3 Å². The van der Waals surface area contributed by atoms with Gasteiger partial charge in [0.1, 0.15) is 5.75 Å². The minimum atomic E-state index is -4.53. The summed E-state index contributed by atoms with van der Waals surface area (Å²) in [6, 6.07) is 1.28. The van der Waals surface area contributed by atoms with Gasteiger partial charge in [0, 0.05) is 11.8 Å². The Morgan fingerprint density at radius 1 is 1.36 bits per heavy atom. The molecule has 0 amide bonds. The second-order valence-electron chi connectivity index (χ2n) is 2.54. The van der Waals surface area contributed by atoms with Gasteiger partial charge in [0.05, 0.1) is 10.6 Å². The van der Waals surface area contributed by atoms with E-state index < -0.39 is 22.5 Å². The normalized spacial score (nSPS) is 11.4. The maximum Gasteiger partial charge on any atom is 0.416 e. The van der Waals surface area contributed by atoms with Gasteiger partial charge in [-0.1, -0.05) is 11.6 Å². The van der Waals surface area contributed by atoms with Crippen molar-refractivity contribution in [2.45, 2.75) is 6.18 Å². The largest absolute Gasteiger partial charge is 0.506 e. The molecule has 2 nitrogen and oxygen atoms in total. The zero-order chi connectivity index (χ0) is 10.9. The van der Waals surface area contributed by atoms with Crippen LogP contribution < -0.4 is 0 Å². The van der Waals surface area contributed by atoms with Gasteiger partial charge in [-0.3, -0.25) is 0 Å². The van der Waals surface area contributed by atoms with Crippen molar-refractivity contribution < 1.29 is 18.3 Å². The number of benzene rings is 1. The smallest absolute Gasteiger partial charge is 0.416 e. The third kappa shape index (κ3) is 1.98. The van der Waals surface area contributed by atoms with Crippen molar-refractivity contribution in [3.8, 4) is 5.75 Å². The van der Waals surface area contributed by atoms with Crippen LogP contribution in [0.1, 0.15) is 11.1 Å². The van der Waals surface area contributed by atoms with Gasteiger partial charge in [-0.05, 0) is 12.1 Å². The van der Waals surface area contributed by atoms with E-state index in [1.165, 1.54) is 0 Å². The first-order chi connectivity index (χ1) is 6.36. The van der Waals surface area contributed by atoms with Crippen molar-refractivity contribution in [2.24, 2.45) is 0 Å². The first-order valence-electron chi connectivity index (χ1n) is 3.46. The van der Waals surface area contributed by atoms with Crippen LogP contribution >= 0.6 is 11.6 Å². The summed E-state index contributed by atoms with van der Waals surface area (Å²) in [5, 5.41) is 15.5. The molecule has 1 aromatic carbocycles. The fraction of sp³-hybridized carbons (Fsp3) is 0.125. The van der Waals surface area contributed by atoms with Crippen LogP contribution in [0, 0.1) is 5.41 Å². The monoisotopic (exact) mass is 223 g/mol. The van der Waals surface area contributed by atoms with Crippen LogP contribution in [0.25, 0.3) is 0 Å². The summed E-state index contributed by atoms with van der Waals surface area (Å²) in [5.74, 6) is -0.519. The maximum atomic E-state index is 12.2. The number of nitrogens with one attached hydrogen (secondary N) is 1. The number of phenolic OH excluding ortho intramolecular Hbond substituents is 1. The minimum absolute atomic E-state index is 0.259. The molecular weight excluding hydrogens is 219 g/mol. The summed E-state index contributed by atoms with van der Waals surface area (Å²) in [6.45, 7) is 0. The summed E-state index contributed by atoms with van der Waals surface area (Å²) in [7, 11) is 0. The number of hydrogen-bond acceptors (Lipinski definition) is 2. The molecule has 0 aliphatic rings. The van der Waals surface area contributed by atoms with E-state index in [1.807, 2.05) is 0 Å². The number of alkyl halides is 3. The lowest BCUT2D eigenvalue weighted by molar-refractivity contribution is -0.137. The zero-order valence-electron chi connectivity index (χ0n) is 6.69. The van der Waals surface area contributed by atoms with Crippen molar-refractivity contribution in [1.29, 1.82) is 5.41 Å². The molecule has 0 fully saturated rings. The summed E-state index contributed by atoms with van der Waals surface area (Å²) in [5.41, 5.74) is -1.25. The van der Waals surface area contributed by atoms with E-state index in [0.29, 0.717) is 18.3 Å². The lowest BCUT2D eigenvalue weighted by Gasteiger charge is -2.09. The number of hydrogen-bond donors (Lipinski definition) is 2. The molecule has 0 spiro atoms. The number of halogens is 4. The van der Waals surface area contributed by atoms with Crippen molar-refractivity contribution in [2.75, 3.05) is 0 Å². The maximum absolute atomic E-state index is 12.2. The van der Waals surface area contributed by atoms with Crippen LogP contribution in [0.2, 0.25) is 5.02 Å². The highest BCUT2D eigenvalue weighted by Crippen LogP contribution is 2.36. The van der Waals surface area contributed by atoms with Gasteiger partial charge in [0.2, 0.25) is 0 Å². The number of phenols is 1. The third-order valence-electron chi connectivity index (χ3n) is 1.58. The Hall–Kier alpha value is -1.23. The summed E-state index contributed by atoms with van der Waals surface area (Å²) in [4.78, 5) is 0. The van der Waals surface area contributed by atoms with E-state index in [2.05, 4.69) is 0 Å². The van der Waals surface area contributed by atoms with Gasteiger partial charge >= 0.3 is 6.18 Å². The molecule has 0 unspecified atom stereocenters. The predicted molar refractivity (Wildman–Crippen MR) is 46.0 cm³/mol.